The second-order valence-electron chi connectivity index (χ2n) is 6.51. The van der Waals surface area contributed by atoms with E-state index in [0.717, 1.165) is 11.3 Å². The van der Waals surface area contributed by atoms with E-state index < -0.39 is 11.8 Å². The summed E-state index contributed by atoms with van der Waals surface area (Å²) in [5, 5.41) is 6.38. The Kier molecular flexibility index (Phi) is 5.29. The molecule has 2 heterocycles. The first-order valence-electron chi connectivity index (χ1n) is 9.20. The van der Waals surface area contributed by atoms with E-state index >= 15 is 0 Å². The molecule has 7 nitrogen and oxygen atoms in total. The molecular weight excluding hydrogens is 366 g/mol. The molecule has 0 spiro atoms. The maximum Gasteiger partial charge on any atom is 0.285 e. The topological polar surface area (TPSA) is 86.7 Å². The number of pyridine rings is 1. The number of aromatic nitrogens is 1. The Hall–Kier alpha value is -4.00. The largest absolute Gasteiger partial charge is 0.285 e. The van der Waals surface area contributed by atoms with Gasteiger partial charge in [0.1, 0.15) is 5.71 Å². The Morgan fingerprint density at radius 2 is 1.55 bits per heavy atom. The summed E-state index contributed by atoms with van der Waals surface area (Å²) >= 11 is 0. The molecule has 1 aromatic heterocycles. The fraction of sp³-hybridized carbons (Fsp3) is 0.0909. The standard InChI is InChI=1S/C22H19N5O2/c28-21(17-10-7-13-23-15-17)24-25-22(29)19-14-20(16-8-3-1-4-9-16)27(26-19)18-11-5-2-6-12-18/h1-13,15,20H,14H2,(H,24,28)(H,25,29)/t20-/m1/s1. The first-order chi connectivity index (χ1) is 14.2. The molecule has 1 atom stereocenters. The lowest BCUT2D eigenvalue weighted by Crippen LogP contribution is -2.44. The molecule has 0 fully saturated rings. The lowest BCUT2D eigenvalue weighted by Gasteiger charge is -2.23. The Morgan fingerprint density at radius 1 is 0.862 bits per heavy atom. The Balaban J connectivity index is 1.51. The van der Waals surface area contributed by atoms with Crippen molar-refractivity contribution >= 4 is 23.2 Å². The number of carbonyl (C=O) groups excluding carboxylic acids is 2. The van der Waals surface area contributed by atoms with Crippen molar-refractivity contribution in [2.45, 2.75) is 12.5 Å². The Bertz CT molecular complexity index is 1020. The summed E-state index contributed by atoms with van der Waals surface area (Å²) in [4.78, 5) is 28.6. The monoisotopic (exact) mass is 385 g/mol. The summed E-state index contributed by atoms with van der Waals surface area (Å²) in [7, 11) is 0. The summed E-state index contributed by atoms with van der Waals surface area (Å²) in [6.07, 6.45) is 3.43. The van der Waals surface area contributed by atoms with Gasteiger partial charge in [0, 0.05) is 18.8 Å². The van der Waals surface area contributed by atoms with Crippen LogP contribution in [-0.2, 0) is 4.79 Å². The molecule has 7 heteroatoms. The fourth-order valence-corrected chi connectivity index (χ4v) is 3.16. The molecule has 3 aromatic rings. The maximum atomic E-state index is 12.6. The van der Waals surface area contributed by atoms with Gasteiger partial charge >= 0.3 is 0 Å². The average molecular weight is 385 g/mol. The van der Waals surface area contributed by atoms with Crippen molar-refractivity contribution < 1.29 is 9.59 Å². The minimum atomic E-state index is -0.443. The molecule has 2 amide bonds. The van der Waals surface area contributed by atoms with E-state index in [-0.39, 0.29) is 6.04 Å². The van der Waals surface area contributed by atoms with E-state index in [4.69, 9.17) is 0 Å². The van der Waals surface area contributed by atoms with Gasteiger partial charge in [-0.25, -0.2) is 0 Å². The van der Waals surface area contributed by atoms with Crippen LogP contribution in [0.25, 0.3) is 0 Å². The first-order valence-corrected chi connectivity index (χ1v) is 9.20. The third-order valence-corrected chi connectivity index (χ3v) is 4.59. The lowest BCUT2D eigenvalue weighted by molar-refractivity contribution is -0.115. The van der Waals surface area contributed by atoms with Gasteiger partial charge in [0.05, 0.1) is 17.3 Å². The summed E-state index contributed by atoms with van der Waals surface area (Å²) in [6, 6.07) is 22.8. The SMILES string of the molecule is O=C(NNC(=O)c1cccnc1)C1=NN(c2ccccc2)[C@@H](c2ccccc2)C1. The maximum absolute atomic E-state index is 12.6. The van der Waals surface area contributed by atoms with Crippen LogP contribution in [0.15, 0.2) is 90.3 Å². The van der Waals surface area contributed by atoms with Crippen molar-refractivity contribution in [2.75, 3.05) is 5.01 Å². The van der Waals surface area contributed by atoms with Crippen LogP contribution in [0.2, 0.25) is 0 Å². The number of para-hydroxylation sites is 1. The van der Waals surface area contributed by atoms with Crippen molar-refractivity contribution in [2.24, 2.45) is 5.10 Å². The van der Waals surface area contributed by atoms with Crippen LogP contribution in [0, 0.1) is 0 Å². The van der Waals surface area contributed by atoms with Crippen molar-refractivity contribution in [1.82, 2.24) is 15.8 Å². The van der Waals surface area contributed by atoms with Gasteiger partial charge in [-0.2, -0.15) is 5.10 Å². The highest BCUT2D eigenvalue weighted by molar-refractivity contribution is 6.39. The molecule has 0 unspecified atom stereocenters. The highest BCUT2D eigenvalue weighted by atomic mass is 16.2. The molecule has 0 bridgehead atoms. The van der Waals surface area contributed by atoms with Crippen molar-refractivity contribution in [3.8, 4) is 0 Å². The van der Waals surface area contributed by atoms with E-state index in [1.54, 1.807) is 18.3 Å². The van der Waals surface area contributed by atoms with Crippen LogP contribution >= 0.6 is 0 Å². The van der Waals surface area contributed by atoms with E-state index in [9.17, 15) is 9.59 Å². The van der Waals surface area contributed by atoms with Gasteiger partial charge in [-0.3, -0.25) is 30.4 Å². The molecule has 0 saturated carbocycles. The van der Waals surface area contributed by atoms with E-state index in [0.29, 0.717) is 17.7 Å². The van der Waals surface area contributed by atoms with Gasteiger partial charge in [-0.15, -0.1) is 0 Å². The molecule has 144 valence electrons. The minimum Gasteiger partial charge on any atom is -0.267 e. The van der Waals surface area contributed by atoms with Crippen LogP contribution in [0.5, 0.6) is 0 Å². The zero-order valence-electron chi connectivity index (χ0n) is 15.5. The summed E-state index contributed by atoms with van der Waals surface area (Å²) in [5.74, 6) is -0.883. The fourth-order valence-electron chi connectivity index (χ4n) is 3.16. The first kappa shape index (κ1) is 18.4. The molecule has 0 saturated heterocycles. The minimum absolute atomic E-state index is 0.103. The van der Waals surface area contributed by atoms with Crippen molar-refractivity contribution in [3.05, 3.63) is 96.3 Å². The number of rotatable bonds is 4. The number of amides is 2. The second kappa shape index (κ2) is 8.35. The van der Waals surface area contributed by atoms with Gasteiger partial charge in [0.2, 0.25) is 0 Å². The van der Waals surface area contributed by atoms with Crippen molar-refractivity contribution in [3.63, 3.8) is 0 Å². The number of hydrogen-bond donors (Lipinski definition) is 2. The van der Waals surface area contributed by atoms with Crippen LogP contribution < -0.4 is 15.9 Å². The lowest BCUT2D eigenvalue weighted by atomic mass is 10.0. The third kappa shape index (κ3) is 4.14. The summed E-state index contributed by atoms with van der Waals surface area (Å²) in [6.45, 7) is 0. The molecule has 4 rings (SSSR count). The number of nitrogens with zero attached hydrogens (tertiary/aromatic N) is 3. The van der Waals surface area contributed by atoms with Crippen LogP contribution in [0.1, 0.15) is 28.4 Å². The van der Waals surface area contributed by atoms with Crippen molar-refractivity contribution in [1.29, 1.82) is 0 Å². The summed E-state index contributed by atoms with van der Waals surface area (Å²) in [5.41, 5.74) is 7.50. The molecule has 0 aliphatic carbocycles. The number of hydrazone groups is 1. The number of hydrogen-bond acceptors (Lipinski definition) is 5. The molecule has 0 radical (unpaired) electrons. The molecule has 1 aliphatic heterocycles. The van der Waals surface area contributed by atoms with Gasteiger partial charge in [-0.05, 0) is 29.8 Å². The smallest absolute Gasteiger partial charge is 0.267 e. The number of benzene rings is 2. The number of hydrazine groups is 1. The highest BCUT2D eigenvalue weighted by Gasteiger charge is 2.32. The zero-order valence-corrected chi connectivity index (χ0v) is 15.5. The number of carbonyl (C=O) groups is 2. The average Bonchev–Trinajstić information content (AvgIpc) is 3.25. The predicted octanol–water partition coefficient (Wildman–Crippen LogP) is 2.85. The van der Waals surface area contributed by atoms with Gasteiger partial charge in [0.25, 0.3) is 11.8 Å². The van der Waals surface area contributed by atoms with Crippen LogP contribution in [0.4, 0.5) is 5.69 Å². The quantitative estimate of drug-likeness (QED) is 0.676. The molecule has 29 heavy (non-hydrogen) atoms. The van der Waals surface area contributed by atoms with E-state index in [2.05, 4.69) is 20.9 Å². The normalized spacial score (nSPS) is 15.5. The van der Waals surface area contributed by atoms with Gasteiger partial charge < -0.3 is 0 Å². The van der Waals surface area contributed by atoms with Gasteiger partial charge in [-0.1, -0.05) is 48.5 Å². The molecular formula is C22H19N5O2. The highest BCUT2D eigenvalue weighted by Crippen LogP contribution is 2.34. The van der Waals surface area contributed by atoms with E-state index in [1.165, 1.54) is 6.20 Å². The Labute approximate surface area is 168 Å². The molecule has 2 aromatic carbocycles. The second-order valence-corrected chi connectivity index (χ2v) is 6.51. The Morgan fingerprint density at radius 3 is 2.24 bits per heavy atom. The molecule has 1 aliphatic rings. The van der Waals surface area contributed by atoms with Gasteiger partial charge in [0.15, 0.2) is 0 Å². The zero-order chi connectivity index (χ0) is 20.1. The predicted molar refractivity (Wildman–Crippen MR) is 110 cm³/mol. The number of anilines is 1. The summed E-state index contributed by atoms with van der Waals surface area (Å²) < 4.78 is 0. The molecule has 2 N–H and O–H groups in total. The van der Waals surface area contributed by atoms with Crippen LogP contribution in [-0.4, -0.2) is 22.5 Å². The third-order valence-electron chi connectivity index (χ3n) is 4.59. The number of nitrogens with one attached hydrogen (secondary N) is 2. The van der Waals surface area contributed by atoms with E-state index in [1.807, 2.05) is 65.7 Å². The van der Waals surface area contributed by atoms with Crippen LogP contribution in [0.3, 0.4) is 0 Å².